The molecule has 80 valence electrons. The Morgan fingerprint density at radius 3 is 2.67 bits per heavy atom. The quantitative estimate of drug-likeness (QED) is 0.730. The lowest BCUT2D eigenvalue weighted by Crippen LogP contribution is -2.26. The van der Waals surface area contributed by atoms with E-state index in [4.69, 9.17) is 0 Å². The highest BCUT2D eigenvalue weighted by Gasteiger charge is 2.28. The standard InChI is InChI=1S/C13H17NO/c15-13(12-8-9-12)14-10-4-7-11-5-2-1-3-6-11/h1-3,5-6,12H,4,7-10H2,(H,14,15). The van der Waals surface area contributed by atoms with E-state index in [1.165, 1.54) is 5.56 Å². The lowest BCUT2D eigenvalue weighted by Gasteiger charge is -2.03. The van der Waals surface area contributed by atoms with Gasteiger partial charge in [0.25, 0.3) is 0 Å². The van der Waals surface area contributed by atoms with Gasteiger partial charge in [0.2, 0.25) is 5.91 Å². The van der Waals surface area contributed by atoms with Crippen LogP contribution in [0.2, 0.25) is 0 Å². The van der Waals surface area contributed by atoms with Crippen molar-refractivity contribution >= 4 is 5.91 Å². The molecule has 0 bridgehead atoms. The van der Waals surface area contributed by atoms with Gasteiger partial charge in [-0.15, -0.1) is 0 Å². The van der Waals surface area contributed by atoms with E-state index in [9.17, 15) is 4.79 Å². The Balaban J connectivity index is 1.60. The summed E-state index contributed by atoms with van der Waals surface area (Å²) >= 11 is 0. The Bertz CT molecular complexity index is 317. The highest BCUT2D eigenvalue weighted by atomic mass is 16.2. The third-order valence-electron chi connectivity index (χ3n) is 2.73. The van der Waals surface area contributed by atoms with Gasteiger partial charge in [-0.05, 0) is 31.2 Å². The first-order valence-corrected chi connectivity index (χ1v) is 5.68. The third kappa shape index (κ3) is 3.39. The number of rotatable bonds is 5. The Labute approximate surface area is 90.7 Å². The Morgan fingerprint density at radius 1 is 1.27 bits per heavy atom. The van der Waals surface area contributed by atoms with E-state index in [1.54, 1.807) is 0 Å². The fourth-order valence-corrected chi connectivity index (χ4v) is 1.64. The third-order valence-corrected chi connectivity index (χ3v) is 2.73. The molecule has 0 aromatic heterocycles. The zero-order valence-electron chi connectivity index (χ0n) is 8.91. The maximum atomic E-state index is 11.3. The summed E-state index contributed by atoms with van der Waals surface area (Å²) in [7, 11) is 0. The summed E-state index contributed by atoms with van der Waals surface area (Å²) in [6, 6.07) is 10.4. The Morgan fingerprint density at radius 2 is 2.00 bits per heavy atom. The van der Waals surface area contributed by atoms with Crippen molar-refractivity contribution in [2.45, 2.75) is 25.7 Å². The number of benzene rings is 1. The van der Waals surface area contributed by atoms with Gasteiger partial charge in [-0.25, -0.2) is 0 Å². The van der Waals surface area contributed by atoms with Crippen LogP contribution in [-0.4, -0.2) is 12.5 Å². The molecule has 2 heteroatoms. The molecule has 0 radical (unpaired) electrons. The van der Waals surface area contributed by atoms with Crippen molar-refractivity contribution in [1.29, 1.82) is 0 Å². The van der Waals surface area contributed by atoms with Crippen LogP contribution in [0.3, 0.4) is 0 Å². The topological polar surface area (TPSA) is 29.1 Å². The first-order chi connectivity index (χ1) is 7.36. The maximum absolute atomic E-state index is 11.3. The summed E-state index contributed by atoms with van der Waals surface area (Å²) in [4.78, 5) is 11.3. The number of carbonyl (C=O) groups excluding carboxylic acids is 1. The average Bonchev–Trinajstić information content (AvgIpc) is 3.09. The van der Waals surface area contributed by atoms with Gasteiger partial charge in [-0.2, -0.15) is 0 Å². The first kappa shape index (κ1) is 10.2. The number of hydrogen-bond acceptors (Lipinski definition) is 1. The van der Waals surface area contributed by atoms with E-state index in [0.717, 1.165) is 32.2 Å². The number of nitrogens with one attached hydrogen (secondary N) is 1. The van der Waals surface area contributed by atoms with Gasteiger partial charge in [0.15, 0.2) is 0 Å². The number of aryl methyl sites for hydroxylation is 1. The van der Waals surface area contributed by atoms with E-state index >= 15 is 0 Å². The Hall–Kier alpha value is -1.31. The summed E-state index contributed by atoms with van der Waals surface area (Å²) in [5.74, 6) is 0.588. The molecule has 2 nitrogen and oxygen atoms in total. The Kier molecular flexibility index (Phi) is 3.38. The second kappa shape index (κ2) is 4.96. The van der Waals surface area contributed by atoms with Crippen LogP contribution in [0.25, 0.3) is 0 Å². The number of amides is 1. The normalized spacial score (nSPS) is 14.9. The van der Waals surface area contributed by atoms with Crippen LogP contribution in [-0.2, 0) is 11.2 Å². The second-order valence-corrected chi connectivity index (χ2v) is 4.15. The highest BCUT2D eigenvalue weighted by molar-refractivity contribution is 5.80. The van der Waals surface area contributed by atoms with Crippen molar-refractivity contribution in [2.24, 2.45) is 5.92 Å². The van der Waals surface area contributed by atoms with Crippen LogP contribution >= 0.6 is 0 Å². The van der Waals surface area contributed by atoms with Gasteiger partial charge in [0.05, 0.1) is 0 Å². The molecule has 1 aliphatic rings. The number of carbonyl (C=O) groups is 1. The maximum Gasteiger partial charge on any atom is 0.223 e. The van der Waals surface area contributed by atoms with Crippen LogP contribution < -0.4 is 5.32 Å². The molecule has 1 saturated carbocycles. The SMILES string of the molecule is O=C(NCCCc1ccccc1)C1CC1. The van der Waals surface area contributed by atoms with Crippen LogP contribution in [0.15, 0.2) is 30.3 Å². The second-order valence-electron chi connectivity index (χ2n) is 4.15. The molecule has 0 aliphatic heterocycles. The van der Waals surface area contributed by atoms with Crippen molar-refractivity contribution in [2.75, 3.05) is 6.54 Å². The van der Waals surface area contributed by atoms with E-state index in [2.05, 4.69) is 29.6 Å². The predicted molar refractivity (Wildman–Crippen MR) is 60.5 cm³/mol. The molecular weight excluding hydrogens is 186 g/mol. The first-order valence-electron chi connectivity index (χ1n) is 5.68. The van der Waals surface area contributed by atoms with Crippen LogP contribution in [0.1, 0.15) is 24.8 Å². The number of hydrogen-bond donors (Lipinski definition) is 1. The minimum Gasteiger partial charge on any atom is -0.356 e. The van der Waals surface area contributed by atoms with Crippen LogP contribution in [0.5, 0.6) is 0 Å². The van der Waals surface area contributed by atoms with Gasteiger partial charge >= 0.3 is 0 Å². The molecule has 1 fully saturated rings. The summed E-state index contributed by atoms with van der Waals surface area (Å²) < 4.78 is 0. The molecule has 1 aromatic carbocycles. The molecule has 0 atom stereocenters. The fourth-order valence-electron chi connectivity index (χ4n) is 1.64. The van der Waals surface area contributed by atoms with Crippen molar-refractivity contribution in [3.05, 3.63) is 35.9 Å². The lowest BCUT2D eigenvalue weighted by atomic mass is 10.1. The molecule has 1 amide bonds. The van der Waals surface area contributed by atoms with Crippen molar-refractivity contribution in [3.8, 4) is 0 Å². The smallest absolute Gasteiger partial charge is 0.223 e. The van der Waals surface area contributed by atoms with Gasteiger partial charge in [-0.3, -0.25) is 4.79 Å². The van der Waals surface area contributed by atoms with E-state index in [0.29, 0.717) is 5.92 Å². The van der Waals surface area contributed by atoms with Gasteiger partial charge in [0, 0.05) is 12.5 Å². The molecular formula is C13H17NO. The molecule has 2 rings (SSSR count). The summed E-state index contributed by atoms with van der Waals surface area (Å²) in [6.07, 6.45) is 4.25. The van der Waals surface area contributed by atoms with E-state index < -0.39 is 0 Å². The van der Waals surface area contributed by atoms with Crippen LogP contribution in [0.4, 0.5) is 0 Å². The molecule has 0 unspecified atom stereocenters. The molecule has 1 aliphatic carbocycles. The largest absolute Gasteiger partial charge is 0.356 e. The average molecular weight is 203 g/mol. The van der Waals surface area contributed by atoms with Crippen molar-refractivity contribution < 1.29 is 4.79 Å². The van der Waals surface area contributed by atoms with E-state index in [-0.39, 0.29) is 5.91 Å². The van der Waals surface area contributed by atoms with Crippen molar-refractivity contribution in [1.82, 2.24) is 5.32 Å². The summed E-state index contributed by atoms with van der Waals surface area (Å²) in [5, 5.41) is 2.98. The zero-order chi connectivity index (χ0) is 10.5. The minimum atomic E-state index is 0.253. The molecule has 1 N–H and O–H groups in total. The molecule has 1 aromatic rings. The highest BCUT2D eigenvalue weighted by Crippen LogP contribution is 2.28. The molecule has 0 heterocycles. The molecule has 15 heavy (non-hydrogen) atoms. The van der Waals surface area contributed by atoms with E-state index in [1.807, 2.05) is 6.07 Å². The zero-order valence-corrected chi connectivity index (χ0v) is 8.91. The van der Waals surface area contributed by atoms with Crippen molar-refractivity contribution in [3.63, 3.8) is 0 Å². The van der Waals surface area contributed by atoms with Gasteiger partial charge in [0.1, 0.15) is 0 Å². The lowest BCUT2D eigenvalue weighted by molar-refractivity contribution is -0.122. The predicted octanol–water partition coefficient (Wildman–Crippen LogP) is 2.15. The van der Waals surface area contributed by atoms with Gasteiger partial charge in [-0.1, -0.05) is 30.3 Å². The molecule has 0 spiro atoms. The van der Waals surface area contributed by atoms with Crippen LogP contribution in [0, 0.1) is 5.92 Å². The summed E-state index contributed by atoms with van der Waals surface area (Å²) in [5.41, 5.74) is 1.35. The fraction of sp³-hybridized carbons (Fsp3) is 0.462. The monoisotopic (exact) mass is 203 g/mol. The molecule has 0 saturated heterocycles. The minimum absolute atomic E-state index is 0.253. The summed E-state index contributed by atoms with van der Waals surface area (Å²) in [6.45, 7) is 0.810. The van der Waals surface area contributed by atoms with Gasteiger partial charge < -0.3 is 5.32 Å².